The van der Waals surface area contributed by atoms with Crippen LogP contribution in [-0.4, -0.2) is 28.2 Å². The molecule has 22 heavy (non-hydrogen) atoms. The maximum Gasteiger partial charge on any atom is 0.232 e. The second-order valence-corrected chi connectivity index (χ2v) is 4.68. The largest absolute Gasteiger partial charge is 0.508 e. The minimum Gasteiger partial charge on any atom is -0.508 e. The van der Waals surface area contributed by atoms with Gasteiger partial charge in [-0.15, -0.1) is 0 Å². The van der Waals surface area contributed by atoms with E-state index in [0.29, 0.717) is 0 Å². The molecule has 0 saturated heterocycles. The third kappa shape index (κ3) is 2.10. The third-order valence-electron chi connectivity index (χ3n) is 3.27. The van der Waals surface area contributed by atoms with Crippen molar-refractivity contribution in [3.05, 3.63) is 47.7 Å². The standard InChI is InChI=1S/C16H12O6/c1-21-11-6-10(18)7-12-13(11)15(20)16(22-12)14(19)8-2-4-9(17)5-3-8/h2-7,17-18,20H,1H3. The number of phenolic OH excluding ortho intramolecular Hbond substituents is 2. The van der Waals surface area contributed by atoms with E-state index in [2.05, 4.69) is 0 Å². The molecule has 3 rings (SSSR count). The van der Waals surface area contributed by atoms with Crippen molar-refractivity contribution in [1.29, 1.82) is 0 Å². The van der Waals surface area contributed by atoms with E-state index in [4.69, 9.17) is 9.15 Å². The van der Waals surface area contributed by atoms with Crippen molar-refractivity contribution in [1.82, 2.24) is 0 Å². The number of aromatic hydroxyl groups is 3. The Labute approximate surface area is 124 Å². The minimum absolute atomic E-state index is 0.0250. The third-order valence-corrected chi connectivity index (χ3v) is 3.27. The van der Waals surface area contributed by atoms with E-state index < -0.39 is 5.78 Å². The molecular formula is C16H12O6. The molecule has 0 unspecified atom stereocenters. The van der Waals surface area contributed by atoms with Gasteiger partial charge in [0.05, 0.1) is 7.11 Å². The Bertz CT molecular complexity index is 860. The average Bonchev–Trinajstić information content (AvgIpc) is 2.83. The molecule has 0 radical (unpaired) electrons. The lowest BCUT2D eigenvalue weighted by molar-refractivity contribution is 0.101. The molecule has 0 bridgehead atoms. The molecular weight excluding hydrogens is 288 g/mol. The Morgan fingerprint density at radius 1 is 1.05 bits per heavy atom. The summed E-state index contributed by atoms with van der Waals surface area (Å²) in [5, 5.41) is 29.3. The zero-order chi connectivity index (χ0) is 15.9. The Morgan fingerprint density at radius 2 is 1.73 bits per heavy atom. The Morgan fingerprint density at radius 3 is 2.36 bits per heavy atom. The topological polar surface area (TPSA) is 100 Å². The molecule has 3 N–H and O–H groups in total. The summed E-state index contributed by atoms with van der Waals surface area (Å²) in [6.07, 6.45) is 0. The molecule has 0 saturated carbocycles. The highest BCUT2D eigenvalue weighted by Crippen LogP contribution is 2.41. The van der Waals surface area contributed by atoms with Gasteiger partial charge in [0.1, 0.15) is 28.2 Å². The molecule has 0 fully saturated rings. The fourth-order valence-electron chi connectivity index (χ4n) is 2.22. The quantitative estimate of drug-likeness (QED) is 0.643. The van der Waals surface area contributed by atoms with Crippen molar-refractivity contribution in [3.63, 3.8) is 0 Å². The second-order valence-electron chi connectivity index (χ2n) is 4.68. The van der Waals surface area contributed by atoms with Gasteiger partial charge in [0.25, 0.3) is 0 Å². The first-order valence-electron chi connectivity index (χ1n) is 6.37. The molecule has 0 amide bonds. The second kappa shape index (κ2) is 5.00. The van der Waals surface area contributed by atoms with E-state index in [9.17, 15) is 20.1 Å². The molecule has 0 aliphatic carbocycles. The highest BCUT2D eigenvalue weighted by atomic mass is 16.5. The smallest absolute Gasteiger partial charge is 0.232 e. The van der Waals surface area contributed by atoms with E-state index in [1.807, 2.05) is 0 Å². The normalized spacial score (nSPS) is 10.8. The summed E-state index contributed by atoms with van der Waals surface area (Å²) in [5.41, 5.74) is 0.381. The first-order valence-corrected chi connectivity index (χ1v) is 6.37. The fraction of sp³-hybridized carbons (Fsp3) is 0.0625. The van der Waals surface area contributed by atoms with Gasteiger partial charge in [-0.1, -0.05) is 0 Å². The fourth-order valence-corrected chi connectivity index (χ4v) is 2.22. The zero-order valence-corrected chi connectivity index (χ0v) is 11.5. The van der Waals surface area contributed by atoms with Crippen LogP contribution in [0.15, 0.2) is 40.8 Å². The van der Waals surface area contributed by atoms with Crippen molar-refractivity contribution in [2.75, 3.05) is 7.11 Å². The molecule has 1 heterocycles. The van der Waals surface area contributed by atoms with Crippen LogP contribution in [0.1, 0.15) is 16.1 Å². The molecule has 0 atom stereocenters. The molecule has 6 nitrogen and oxygen atoms in total. The lowest BCUT2D eigenvalue weighted by Crippen LogP contribution is -1.99. The number of carbonyl (C=O) groups is 1. The predicted octanol–water partition coefficient (Wildman–Crippen LogP) is 2.79. The van der Waals surface area contributed by atoms with Crippen molar-refractivity contribution in [2.45, 2.75) is 0 Å². The first kappa shape index (κ1) is 13.8. The number of carbonyl (C=O) groups excluding carboxylic acids is 1. The van der Waals surface area contributed by atoms with Crippen molar-refractivity contribution >= 4 is 16.8 Å². The molecule has 0 aliphatic rings. The van der Waals surface area contributed by atoms with Crippen molar-refractivity contribution in [2.24, 2.45) is 0 Å². The molecule has 3 aromatic rings. The molecule has 2 aromatic carbocycles. The Hall–Kier alpha value is -3.15. The van der Waals surface area contributed by atoms with Crippen LogP contribution in [0.25, 0.3) is 11.0 Å². The van der Waals surface area contributed by atoms with Gasteiger partial charge in [0.15, 0.2) is 5.75 Å². The summed E-state index contributed by atoms with van der Waals surface area (Å²) in [6, 6.07) is 8.15. The molecule has 1 aromatic heterocycles. The van der Waals surface area contributed by atoms with Crippen LogP contribution in [0.5, 0.6) is 23.0 Å². The van der Waals surface area contributed by atoms with Crippen molar-refractivity contribution in [3.8, 4) is 23.0 Å². The summed E-state index contributed by atoms with van der Waals surface area (Å²) in [6.45, 7) is 0. The number of hydrogen-bond donors (Lipinski definition) is 3. The summed E-state index contributed by atoms with van der Waals surface area (Å²) in [7, 11) is 1.38. The van der Waals surface area contributed by atoms with Gasteiger partial charge in [-0.05, 0) is 24.3 Å². The van der Waals surface area contributed by atoms with Gasteiger partial charge >= 0.3 is 0 Å². The summed E-state index contributed by atoms with van der Waals surface area (Å²) in [5.74, 6) is -1.05. The lowest BCUT2D eigenvalue weighted by atomic mass is 10.1. The summed E-state index contributed by atoms with van der Waals surface area (Å²) < 4.78 is 10.4. The SMILES string of the molecule is COc1cc(O)cc2oc(C(=O)c3ccc(O)cc3)c(O)c12. The van der Waals surface area contributed by atoms with E-state index >= 15 is 0 Å². The van der Waals surface area contributed by atoms with Crippen molar-refractivity contribution < 1.29 is 29.3 Å². The van der Waals surface area contributed by atoms with Crippen LogP contribution in [0.2, 0.25) is 0 Å². The monoisotopic (exact) mass is 300 g/mol. The lowest BCUT2D eigenvalue weighted by Gasteiger charge is -2.01. The summed E-state index contributed by atoms with van der Waals surface area (Å²) in [4.78, 5) is 12.4. The molecule has 6 heteroatoms. The summed E-state index contributed by atoms with van der Waals surface area (Å²) >= 11 is 0. The van der Waals surface area contributed by atoms with Crippen LogP contribution in [0.3, 0.4) is 0 Å². The van der Waals surface area contributed by atoms with Gasteiger partial charge in [0.2, 0.25) is 11.5 Å². The number of hydrogen-bond acceptors (Lipinski definition) is 6. The number of fused-ring (bicyclic) bond motifs is 1. The molecule has 0 spiro atoms. The Kier molecular flexibility index (Phi) is 3.14. The molecule has 0 aliphatic heterocycles. The van der Waals surface area contributed by atoms with Crippen LogP contribution in [-0.2, 0) is 0 Å². The number of furan rings is 1. The highest BCUT2D eigenvalue weighted by Gasteiger charge is 2.24. The highest BCUT2D eigenvalue weighted by molar-refractivity contribution is 6.12. The van der Waals surface area contributed by atoms with Gasteiger partial charge in [-0.2, -0.15) is 0 Å². The Balaban J connectivity index is 2.17. The maximum atomic E-state index is 12.4. The van der Waals surface area contributed by atoms with Gasteiger partial charge < -0.3 is 24.5 Å². The van der Waals surface area contributed by atoms with Crippen LogP contribution >= 0.6 is 0 Å². The van der Waals surface area contributed by atoms with Gasteiger partial charge in [0, 0.05) is 17.7 Å². The average molecular weight is 300 g/mol. The van der Waals surface area contributed by atoms with Crippen LogP contribution < -0.4 is 4.74 Å². The van der Waals surface area contributed by atoms with E-state index in [1.165, 1.54) is 43.5 Å². The maximum absolute atomic E-state index is 12.4. The predicted molar refractivity (Wildman–Crippen MR) is 77.6 cm³/mol. The van der Waals surface area contributed by atoms with E-state index in [1.54, 1.807) is 0 Å². The van der Waals surface area contributed by atoms with E-state index in [-0.39, 0.29) is 45.3 Å². The van der Waals surface area contributed by atoms with Gasteiger partial charge in [-0.25, -0.2) is 0 Å². The number of rotatable bonds is 3. The zero-order valence-electron chi connectivity index (χ0n) is 11.5. The number of ether oxygens (including phenoxy) is 1. The number of benzene rings is 2. The van der Waals surface area contributed by atoms with Gasteiger partial charge in [-0.3, -0.25) is 4.79 Å². The minimum atomic E-state index is -0.546. The van der Waals surface area contributed by atoms with Crippen LogP contribution in [0, 0.1) is 0 Å². The van der Waals surface area contributed by atoms with Crippen LogP contribution in [0.4, 0.5) is 0 Å². The first-order chi connectivity index (χ1) is 10.5. The van der Waals surface area contributed by atoms with E-state index in [0.717, 1.165) is 0 Å². The molecule has 112 valence electrons. The number of phenols is 2. The number of ketones is 1. The number of methoxy groups -OCH3 is 1.